The minimum absolute atomic E-state index is 0.0980. The number of nitrogens with two attached hydrogens (primary N) is 1. The fourth-order valence-corrected chi connectivity index (χ4v) is 3.55. The minimum Gasteiger partial charge on any atom is -0.494 e. The van der Waals surface area contributed by atoms with Crippen molar-refractivity contribution in [2.75, 3.05) is 6.61 Å². The second-order valence-corrected chi connectivity index (χ2v) is 6.82. The monoisotopic (exact) mass is 426 g/mol. The lowest BCUT2D eigenvalue weighted by molar-refractivity contribution is -0.137. The predicted octanol–water partition coefficient (Wildman–Crippen LogP) is 4.71. The molecular weight excluding hydrogens is 409 g/mol. The molecule has 0 radical (unpaired) electrons. The van der Waals surface area contributed by atoms with Gasteiger partial charge in [0, 0.05) is 5.56 Å². The smallest absolute Gasteiger partial charge is 0.416 e. The normalized spacial score (nSPS) is 15.8. The van der Waals surface area contributed by atoms with Crippen LogP contribution in [0.3, 0.4) is 0 Å². The predicted molar refractivity (Wildman–Crippen MR) is 106 cm³/mol. The Kier molecular flexibility index (Phi) is 5.07. The van der Waals surface area contributed by atoms with Crippen molar-refractivity contribution >= 4 is 0 Å². The molecule has 6 nitrogen and oxygen atoms in total. The van der Waals surface area contributed by atoms with Crippen molar-refractivity contribution in [2.24, 2.45) is 5.73 Å². The minimum atomic E-state index is -4.46. The summed E-state index contributed by atoms with van der Waals surface area (Å²) >= 11 is 0. The molecule has 0 unspecified atom stereocenters. The molecule has 31 heavy (non-hydrogen) atoms. The molecule has 1 aliphatic heterocycles. The number of ether oxygens (including phenoxy) is 2. The van der Waals surface area contributed by atoms with Gasteiger partial charge in [-0.2, -0.15) is 18.4 Å². The zero-order chi connectivity index (χ0) is 22.2. The van der Waals surface area contributed by atoms with Gasteiger partial charge in [-0.25, -0.2) is 0 Å². The van der Waals surface area contributed by atoms with Crippen LogP contribution in [0.5, 0.6) is 11.6 Å². The van der Waals surface area contributed by atoms with Gasteiger partial charge in [-0.3, -0.25) is 5.10 Å². The van der Waals surface area contributed by atoms with Crippen molar-refractivity contribution in [2.45, 2.75) is 19.0 Å². The first-order valence-electron chi connectivity index (χ1n) is 9.39. The van der Waals surface area contributed by atoms with E-state index >= 15 is 0 Å². The maximum atomic E-state index is 13.0. The maximum absolute atomic E-state index is 13.0. The van der Waals surface area contributed by atoms with Gasteiger partial charge in [0.2, 0.25) is 11.8 Å². The quantitative estimate of drug-likeness (QED) is 0.630. The number of aromatic amines is 1. The van der Waals surface area contributed by atoms with Crippen molar-refractivity contribution in [1.82, 2.24) is 10.2 Å². The molecule has 3 N–H and O–H groups in total. The summed E-state index contributed by atoms with van der Waals surface area (Å²) in [6, 6.07) is 13.9. The van der Waals surface area contributed by atoms with Crippen molar-refractivity contribution in [3.05, 3.63) is 76.7 Å². The Bertz CT molecular complexity index is 1170. The first-order chi connectivity index (χ1) is 14.8. The largest absolute Gasteiger partial charge is 0.494 e. The van der Waals surface area contributed by atoms with Crippen molar-refractivity contribution in [3.63, 3.8) is 0 Å². The van der Waals surface area contributed by atoms with E-state index in [1.165, 1.54) is 12.1 Å². The van der Waals surface area contributed by atoms with Crippen LogP contribution in [0.4, 0.5) is 13.2 Å². The van der Waals surface area contributed by atoms with Gasteiger partial charge in [0.1, 0.15) is 17.4 Å². The van der Waals surface area contributed by atoms with Crippen LogP contribution in [-0.4, -0.2) is 16.8 Å². The summed E-state index contributed by atoms with van der Waals surface area (Å²) in [6.07, 6.45) is -4.46. The van der Waals surface area contributed by atoms with Crippen LogP contribution in [0, 0.1) is 11.3 Å². The van der Waals surface area contributed by atoms with Crippen LogP contribution in [0.25, 0.3) is 11.3 Å². The maximum Gasteiger partial charge on any atom is 0.416 e. The molecule has 0 fully saturated rings. The Morgan fingerprint density at radius 2 is 1.84 bits per heavy atom. The summed E-state index contributed by atoms with van der Waals surface area (Å²) in [7, 11) is 0. The van der Waals surface area contributed by atoms with Gasteiger partial charge in [0.25, 0.3) is 0 Å². The van der Waals surface area contributed by atoms with Gasteiger partial charge in [0.15, 0.2) is 0 Å². The first-order valence-corrected chi connectivity index (χ1v) is 9.39. The third kappa shape index (κ3) is 3.68. The molecule has 2 heterocycles. The molecule has 1 atom stereocenters. The molecule has 0 saturated heterocycles. The summed E-state index contributed by atoms with van der Waals surface area (Å²) in [6.45, 7) is 2.41. The first kappa shape index (κ1) is 20.3. The topological polar surface area (TPSA) is 97.0 Å². The summed E-state index contributed by atoms with van der Waals surface area (Å²) in [4.78, 5) is 0. The number of H-pyrrole nitrogens is 1. The lowest BCUT2D eigenvalue weighted by atomic mass is 9.83. The number of halogens is 3. The fraction of sp³-hybridized carbons (Fsp3) is 0.182. The molecule has 0 saturated carbocycles. The zero-order valence-corrected chi connectivity index (χ0v) is 16.3. The molecule has 158 valence electrons. The molecule has 1 aromatic heterocycles. The Balaban J connectivity index is 1.83. The Labute approximate surface area is 175 Å². The van der Waals surface area contributed by atoms with E-state index in [4.69, 9.17) is 15.2 Å². The van der Waals surface area contributed by atoms with Crippen LogP contribution in [0.15, 0.2) is 60.0 Å². The lowest BCUT2D eigenvalue weighted by Crippen LogP contribution is -2.21. The second-order valence-electron chi connectivity index (χ2n) is 6.82. The summed E-state index contributed by atoms with van der Waals surface area (Å²) in [5, 5.41) is 16.8. The van der Waals surface area contributed by atoms with Gasteiger partial charge in [-0.1, -0.05) is 12.1 Å². The molecule has 0 amide bonds. The molecular formula is C22H17F3N4O2. The van der Waals surface area contributed by atoms with Crippen LogP contribution in [0.2, 0.25) is 0 Å². The van der Waals surface area contributed by atoms with E-state index in [-0.39, 0.29) is 17.3 Å². The van der Waals surface area contributed by atoms with Crippen molar-refractivity contribution in [3.8, 4) is 29.0 Å². The van der Waals surface area contributed by atoms with E-state index in [0.29, 0.717) is 29.2 Å². The van der Waals surface area contributed by atoms with E-state index in [9.17, 15) is 18.4 Å². The molecule has 1 aliphatic rings. The van der Waals surface area contributed by atoms with Gasteiger partial charge >= 0.3 is 6.18 Å². The van der Waals surface area contributed by atoms with E-state index in [0.717, 1.165) is 17.7 Å². The van der Waals surface area contributed by atoms with Crippen LogP contribution in [0.1, 0.15) is 29.5 Å². The molecule has 9 heteroatoms. The Hall–Kier alpha value is -3.93. The standard InChI is InChI=1S/C22H17F3N4O2/c1-2-30-15-9-5-13(6-10-15)19-18-17(12-3-7-14(8-4-12)22(23,24)25)16(11-26)20(27)31-21(18)29-28-19/h3-10,17H,2,27H2,1H3,(H,28,29)/t17-/m0/s1. The van der Waals surface area contributed by atoms with Crippen molar-refractivity contribution in [1.29, 1.82) is 5.26 Å². The average Bonchev–Trinajstić information content (AvgIpc) is 3.16. The molecule has 0 spiro atoms. The number of nitrogens with one attached hydrogen (secondary N) is 1. The fourth-order valence-electron chi connectivity index (χ4n) is 3.55. The molecule has 0 bridgehead atoms. The molecule has 2 aromatic carbocycles. The van der Waals surface area contributed by atoms with Gasteiger partial charge in [0.05, 0.1) is 29.3 Å². The summed E-state index contributed by atoms with van der Waals surface area (Å²) < 4.78 is 50.0. The highest BCUT2D eigenvalue weighted by Gasteiger charge is 2.36. The Morgan fingerprint density at radius 1 is 1.16 bits per heavy atom. The second kappa shape index (κ2) is 7.72. The number of fused-ring (bicyclic) bond motifs is 1. The van der Waals surface area contributed by atoms with E-state index in [2.05, 4.69) is 10.2 Å². The highest BCUT2D eigenvalue weighted by molar-refractivity contribution is 5.71. The number of aromatic nitrogens is 2. The van der Waals surface area contributed by atoms with Gasteiger partial charge in [-0.05, 0) is 48.9 Å². The van der Waals surface area contributed by atoms with Crippen LogP contribution in [-0.2, 0) is 6.18 Å². The third-order valence-electron chi connectivity index (χ3n) is 4.96. The van der Waals surface area contributed by atoms with Crippen LogP contribution < -0.4 is 15.2 Å². The molecule has 4 rings (SSSR count). The van der Waals surface area contributed by atoms with Crippen LogP contribution >= 0.6 is 0 Å². The molecule has 3 aromatic rings. The zero-order valence-electron chi connectivity index (χ0n) is 16.3. The Morgan fingerprint density at radius 3 is 2.42 bits per heavy atom. The number of hydrogen-bond donors (Lipinski definition) is 2. The average molecular weight is 426 g/mol. The highest BCUT2D eigenvalue weighted by atomic mass is 19.4. The van der Waals surface area contributed by atoms with E-state index < -0.39 is 17.7 Å². The third-order valence-corrected chi connectivity index (χ3v) is 4.96. The molecule has 0 aliphatic carbocycles. The number of rotatable bonds is 4. The number of allylic oxidation sites excluding steroid dienone is 1. The summed E-state index contributed by atoms with van der Waals surface area (Å²) in [5.41, 5.74) is 7.54. The lowest BCUT2D eigenvalue weighted by Gasteiger charge is -2.24. The van der Waals surface area contributed by atoms with E-state index in [1.54, 1.807) is 12.1 Å². The van der Waals surface area contributed by atoms with E-state index in [1.807, 2.05) is 25.1 Å². The number of hydrogen-bond acceptors (Lipinski definition) is 5. The SMILES string of the molecule is CCOc1ccc(-c2[nH]nc3c2[C@@H](c2ccc(C(F)(F)F)cc2)C(C#N)=C(N)O3)cc1. The number of benzene rings is 2. The number of nitrogens with zero attached hydrogens (tertiary/aromatic N) is 2. The number of alkyl halides is 3. The van der Waals surface area contributed by atoms with Gasteiger partial charge < -0.3 is 15.2 Å². The summed E-state index contributed by atoms with van der Waals surface area (Å²) in [5.74, 6) is -0.0108. The van der Waals surface area contributed by atoms with Gasteiger partial charge in [-0.15, -0.1) is 5.10 Å². The number of nitriles is 1. The van der Waals surface area contributed by atoms with Crippen molar-refractivity contribution < 1.29 is 22.6 Å². The highest BCUT2D eigenvalue weighted by Crippen LogP contribution is 2.46.